The van der Waals surface area contributed by atoms with Gasteiger partial charge in [-0.1, -0.05) is 0 Å². The first-order valence-electron chi connectivity index (χ1n) is 4.16. The molecule has 0 aliphatic carbocycles. The highest BCUT2D eigenvalue weighted by Gasteiger charge is 2.31. The Balaban J connectivity index is 2.45. The number of carbonyl (C=O) groups excluding carboxylic acids is 2. The molecular formula is C8H14N2O3. The van der Waals surface area contributed by atoms with E-state index in [2.05, 4.69) is 10.9 Å². The minimum absolute atomic E-state index is 0.148. The van der Waals surface area contributed by atoms with Gasteiger partial charge in [0.15, 0.2) is 0 Å². The zero-order valence-corrected chi connectivity index (χ0v) is 8.01. The van der Waals surface area contributed by atoms with Crippen molar-refractivity contribution in [2.24, 2.45) is 0 Å². The lowest BCUT2D eigenvalue weighted by atomic mass is 10.2. The summed E-state index contributed by atoms with van der Waals surface area (Å²) < 4.78 is 5.08. The average molecular weight is 186 g/mol. The molecule has 5 heteroatoms. The van der Waals surface area contributed by atoms with Gasteiger partial charge in [-0.3, -0.25) is 15.0 Å². The highest BCUT2D eigenvalue weighted by atomic mass is 16.6. The van der Waals surface area contributed by atoms with Crippen molar-refractivity contribution in [2.75, 3.05) is 0 Å². The largest absolute Gasteiger partial charge is 0.459 e. The Morgan fingerprint density at radius 2 is 2.15 bits per heavy atom. The standard InChI is InChI=1S/C8H14N2O3/c1-8(2,3)13-7(12)5-4-6(11)10-9-5/h5,9H,4H2,1-3H3,(H,10,11). The van der Waals surface area contributed by atoms with Gasteiger partial charge in [0.05, 0.1) is 6.42 Å². The van der Waals surface area contributed by atoms with Gasteiger partial charge in [-0.05, 0) is 20.8 Å². The third-order valence-corrected chi connectivity index (χ3v) is 1.47. The van der Waals surface area contributed by atoms with Crippen molar-refractivity contribution in [3.63, 3.8) is 0 Å². The van der Waals surface area contributed by atoms with Gasteiger partial charge in [0.25, 0.3) is 0 Å². The number of rotatable bonds is 1. The molecule has 1 saturated heterocycles. The normalized spacial score (nSPS) is 22.7. The molecule has 1 heterocycles. The van der Waals surface area contributed by atoms with Crippen LogP contribution < -0.4 is 10.9 Å². The number of ether oxygens (including phenoxy) is 1. The minimum Gasteiger partial charge on any atom is -0.459 e. The molecule has 1 unspecified atom stereocenters. The van der Waals surface area contributed by atoms with Gasteiger partial charge in [-0.15, -0.1) is 0 Å². The van der Waals surface area contributed by atoms with Crippen molar-refractivity contribution in [2.45, 2.75) is 38.8 Å². The van der Waals surface area contributed by atoms with Crippen LogP contribution in [0.4, 0.5) is 0 Å². The summed E-state index contributed by atoms with van der Waals surface area (Å²) in [6.45, 7) is 5.36. The molecule has 1 rings (SSSR count). The lowest BCUT2D eigenvalue weighted by molar-refractivity contribution is -0.157. The summed E-state index contributed by atoms with van der Waals surface area (Å²) in [4.78, 5) is 22.1. The van der Waals surface area contributed by atoms with Crippen LogP contribution in [0.5, 0.6) is 0 Å². The van der Waals surface area contributed by atoms with E-state index in [1.54, 1.807) is 20.8 Å². The van der Waals surface area contributed by atoms with Crippen molar-refractivity contribution < 1.29 is 14.3 Å². The summed E-state index contributed by atoms with van der Waals surface area (Å²) in [5.41, 5.74) is 4.39. The van der Waals surface area contributed by atoms with Gasteiger partial charge in [-0.2, -0.15) is 0 Å². The van der Waals surface area contributed by atoms with Crippen molar-refractivity contribution in [3.05, 3.63) is 0 Å². The van der Waals surface area contributed by atoms with Gasteiger partial charge >= 0.3 is 5.97 Å². The fourth-order valence-electron chi connectivity index (χ4n) is 0.970. The molecule has 0 radical (unpaired) electrons. The summed E-state index contributed by atoms with van der Waals surface area (Å²) in [5, 5.41) is 0. The molecule has 74 valence electrons. The maximum absolute atomic E-state index is 11.3. The summed E-state index contributed by atoms with van der Waals surface area (Å²) >= 11 is 0. The van der Waals surface area contributed by atoms with Gasteiger partial charge < -0.3 is 4.74 Å². The van der Waals surface area contributed by atoms with E-state index in [1.165, 1.54) is 0 Å². The molecule has 1 aliphatic rings. The molecule has 0 saturated carbocycles. The molecule has 2 N–H and O–H groups in total. The van der Waals surface area contributed by atoms with Crippen LogP contribution in [0.1, 0.15) is 27.2 Å². The fourth-order valence-corrected chi connectivity index (χ4v) is 0.970. The van der Waals surface area contributed by atoms with Crippen LogP contribution in [-0.2, 0) is 14.3 Å². The van der Waals surface area contributed by atoms with Gasteiger partial charge in [0.2, 0.25) is 5.91 Å². The zero-order valence-electron chi connectivity index (χ0n) is 8.01. The predicted octanol–water partition coefficient (Wildman–Crippen LogP) is -0.279. The third-order valence-electron chi connectivity index (χ3n) is 1.47. The average Bonchev–Trinajstić information content (AvgIpc) is 2.31. The topological polar surface area (TPSA) is 67.4 Å². The lowest BCUT2D eigenvalue weighted by Crippen LogP contribution is -2.40. The molecule has 0 aromatic heterocycles. The maximum atomic E-state index is 11.3. The van der Waals surface area contributed by atoms with E-state index in [0.29, 0.717) is 0 Å². The fraction of sp³-hybridized carbons (Fsp3) is 0.750. The van der Waals surface area contributed by atoms with E-state index >= 15 is 0 Å². The minimum atomic E-state index is -0.549. The molecule has 1 atom stereocenters. The highest BCUT2D eigenvalue weighted by Crippen LogP contribution is 2.10. The van der Waals surface area contributed by atoms with E-state index in [1.807, 2.05) is 0 Å². The number of hydrogen-bond donors (Lipinski definition) is 2. The molecule has 1 amide bonds. The summed E-state index contributed by atoms with van der Waals surface area (Å²) in [6, 6.07) is -0.549. The van der Waals surface area contributed by atoms with Crippen LogP contribution in [-0.4, -0.2) is 23.5 Å². The Labute approximate surface area is 76.8 Å². The molecule has 1 aliphatic heterocycles. The van der Waals surface area contributed by atoms with E-state index in [-0.39, 0.29) is 12.3 Å². The first-order valence-corrected chi connectivity index (χ1v) is 4.16. The third kappa shape index (κ3) is 3.02. The first kappa shape index (κ1) is 9.98. The van der Waals surface area contributed by atoms with Crippen LogP contribution in [0, 0.1) is 0 Å². The van der Waals surface area contributed by atoms with Crippen molar-refractivity contribution >= 4 is 11.9 Å². The molecule has 13 heavy (non-hydrogen) atoms. The number of carbonyl (C=O) groups is 2. The zero-order chi connectivity index (χ0) is 10.1. The summed E-state index contributed by atoms with van der Waals surface area (Å²) in [7, 11) is 0. The summed E-state index contributed by atoms with van der Waals surface area (Å²) in [5.74, 6) is -0.582. The Kier molecular flexibility index (Phi) is 2.56. The molecule has 1 fully saturated rings. The number of hydrogen-bond acceptors (Lipinski definition) is 4. The second-order valence-electron chi connectivity index (χ2n) is 3.98. The number of amides is 1. The van der Waals surface area contributed by atoms with Gasteiger partial charge in [0, 0.05) is 0 Å². The monoisotopic (exact) mass is 186 g/mol. The van der Waals surface area contributed by atoms with E-state index < -0.39 is 17.6 Å². The Morgan fingerprint density at radius 1 is 1.54 bits per heavy atom. The predicted molar refractivity (Wildman–Crippen MR) is 45.5 cm³/mol. The van der Waals surface area contributed by atoms with Crippen LogP contribution in [0.25, 0.3) is 0 Å². The summed E-state index contributed by atoms with van der Waals surface area (Å²) in [6.07, 6.45) is 0.148. The number of esters is 1. The maximum Gasteiger partial charge on any atom is 0.326 e. The van der Waals surface area contributed by atoms with Gasteiger partial charge in [0.1, 0.15) is 11.6 Å². The van der Waals surface area contributed by atoms with Crippen LogP contribution in [0.15, 0.2) is 0 Å². The van der Waals surface area contributed by atoms with Crippen LogP contribution >= 0.6 is 0 Å². The van der Waals surface area contributed by atoms with Crippen molar-refractivity contribution in [1.82, 2.24) is 10.9 Å². The Bertz CT molecular complexity index is 232. The molecule has 5 nitrogen and oxygen atoms in total. The van der Waals surface area contributed by atoms with E-state index in [0.717, 1.165) is 0 Å². The second-order valence-corrected chi connectivity index (χ2v) is 3.98. The second kappa shape index (κ2) is 3.33. The highest BCUT2D eigenvalue weighted by molar-refractivity contribution is 5.88. The van der Waals surface area contributed by atoms with Crippen LogP contribution in [0.3, 0.4) is 0 Å². The molecule has 0 aromatic carbocycles. The quantitative estimate of drug-likeness (QED) is 0.553. The Hall–Kier alpha value is -1.10. The lowest BCUT2D eigenvalue weighted by Gasteiger charge is -2.21. The van der Waals surface area contributed by atoms with E-state index in [4.69, 9.17) is 4.74 Å². The smallest absolute Gasteiger partial charge is 0.326 e. The molecule has 0 aromatic rings. The van der Waals surface area contributed by atoms with Crippen molar-refractivity contribution in [1.29, 1.82) is 0 Å². The van der Waals surface area contributed by atoms with Crippen molar-refractivity contribution in [3.8, 4) is 0 Å². The number of nitrogens with one attached hydrogen (secondary N) is 2. The van der Waals surface area contributed by atoms with E-state index in [9.17, 15) is 9.59 Å². The number of hydrazine groups is 1. The molecular weight excluding hydrogens is 172 g/mol. The Morgan fingerprint density at radius 3 is 2.54 bits per heavy atom. The van der Waals surface area contributed by atoms with Gasteiger partial charge in [-0.25, -0.2) is 5.43 Å². The first-order chi connectivity index (χ1) is 5.88. The SMILES string of the molecule is CC(C)(C)OC(=O)C1CC(=O)NN1. The van der Waals surface area contributed by atoms with Crippen LogP contribution in [0.2, 0.25) is 0 Å². The molecule has 0 bridgehead atoms. The molecule has 0 spiro atoms.